The summed E-state index contributed by atoms with van der Waals surface area (Å²) in [5.74, 6) is 0.622. The van der Waals surface area contributed by atoms with E-state index in [1.807, 2.05) is 25.2 Å². The Morgan fingerprint density at radius 2 is 2.09 bits per heavy atom. The normalized spacial score (nSPS) is 16.7. The summed E-state index contributed by atoms with van der Waals surface area (Å²) < 4.78 is 0. The number of hydrogen-bond donors (Lipinski definition) is 1. The molecular formula is C16H19N5O. The van der Waals surface area contributed by atoms with Gasteiger partial charge in [0.1, 0.15) is 0 Å². The number of aryl methyl sites for hydroxylation is 1. The predicted octanol–water partition coefficient (Wildman–Crippen LogP) is 1.75. The first-order valence-electron chi connectivity index (χ1n) is 7.39. The van der Waals surface area contributed by atoms with Gasteiger partial charge in [-0.1, -0.05) is 0 Å². The number of carbonyl (C=O) groups excluding carboxylic acids is 1. The lowest BCUT2D eigenvalue weighted by Gasteiger charge is -2.26. The van der Waals surface area contributed by atoms with Gasteiger partial charge in [-0.3, -0.25) is 9.78 Å². The van der Waals surface area contributed by atoms with Gasteiger partial charge in [-0.25, -0.2) is 9.97 Å². The van der Waals surface area contributed by atoms with Crippen LogP contribution >= 0.6 is 0 Å². The highest BCUT2D eigenvalue weighted by molar-refractivity contribution is 5.94. The summed E-state index contributed by atoms with van der Waals surface area (Å²) in [6.45, 7) is 0. The van der Waals surface area contributed by atoms with Gasteiger partial charge < -0.3 is 10.2 Å². The standard InChI is InChI=1S/C16H19N5O/c1-21(2)16-18-10-12-13(4-3-5-14(12)20-16)19-15(22)11-6-8-17-9-7-11/h6-10,13H,3-5H2,1-2H3,(H,19,22). The summed E-state index contributed by atoms with van der Waals surface area (Å²) in [5.41, 5.74) is 2.68. The van der Waals surface area contributed by atoms with Crippen molar-refractivity contribution in [2.75, 3.05) is 19.0 Å². The molecule has 22 heavy (non-hydrogen) atoms. The third-order valence-electron chi connectivity index (χ3n) is 3.82. The fourth-order valence-corrected chi connectivity index (χ4v) is 2.65. The number of fused-ring (bicyclic) bond motifs is 1. The first-order valence-corrected chi connectivity index (χ1v) is 7.39. The Bertz CT molecular complexity index is 671. The summed E-state index contributed by atoms with van der Waals surface area (Å²) in [5, 5.41) is 3.08. The average Bonchev–Trinajstić information content (AvgIpc) is 2.55. The van der Waals surface area contributed by atoms with Gasteiger partial charge in [0.2, 0.25) is 5.95 Å². The van der Waals surface area contributed by atoms with Gasteiger partial charge >= 0.3 is 0 Å². The molecule has 3 rings (SSSR count). The van der Waals surface area contributed by atoms with Crippen molar-refractivity contribution in [2.24, 2.45) is 0 Å². The molecule has 0 radical (unpaired) electrons. The number of anilines is 1. The zero-order chi connectivity index (χ0) is 15.5. The molecule has 1 N–H and O–H groups in total. The second kappa shape index (κ2) is 6.09. The van der Waals surface area contributed by atoms with Crippen molar-refractivity contribution >= 4 is 11.9 Å². The SMILES string of the molecule is CN(C)c1ncc2c(n1)CCCC2NC(=O)c1ccncc1. The highest BCUT2D eigenvalue weighted by atomic mass is 16.1. The molecule has 6 nitrogen and oxygen atoms in total. The fraction of sp³-hybridized carbons (Fsp3) is 0.375. The topological polar surface area (TPSA) is 71.0 Å². The zero-order valence-electron chi connectivity index (χ0n) is 12.8. The largest absolute Gasteiger partial charge is 0.347 e. The van der Waals surface area contributed by atoms with E-state index in [1.54, 1.807) is 24.5 Å². The van der Waals surface area contributed by atoms with Crippen LogP contribution in [0.3, 0.4) is 0 Å². The summed E-state index contributed by atoms with van der Waals surface area (Å²) in [4.78, 5) is 27.1. The molecule has 2 aromatic heterocycles. The van der Waals surface area contributed by atoms with E-state index in [0.29, 0.717) is 11.5 Å². The van der Waals surface area contributed by atoms with E-state index >= 15 is 0 Å². The minimum Gasteiger partial charge on any atom is -0.347 e. The molecule has 0 aliphatic heterocycles. The number of nitrogens with one attached hydrogen (secondary N) is 1. The maximum Gasteiger partial charge on any atom is 0.251 e. The lowest BCUT2D eigenvalue weighted by Crippen LogP contribution is -2.31. The molecule has 1 aliphatic rings. The van der Waals surface area contributed by atoms with Crippen LogP contribution in [-0.4, -0.2) is 35.0 Å². The molecule has 0 aromatic carbocycles. The van der Waals surface area contributed by atoms with Crippen LogP contribution in [0.25, 0.3) is 0 Å². The molecule has 2 heterocycles. The Hall–Kier alpha value is -2.50. The number of amides is 1. The molecular weight excluding hydrogens is 278 g/mol. The van der Waals surface area contributed by atoms with Gasteiger partial charge in [0.15, 0.2) is 0 Å². The molecule has 2 aromatic rings. The minimum absolute atomic E-state index is 0.0272. The summed E-state index contributed by atoms with van der Waals surface area (Å²) in [6, 6.07) is 3.40. The highest BCUT2D eigenvalue weighted by Crippen LogP contribution is 2.29. The number of aromatic nitrogens is 3. The monoisotopic (exact) mass is 297 g/mol. The van der Waals surface area contributed by atoms with E-state index in [-0.39, 0.29) is 11.9 Å². The van der Waals surface area contributed by atoms with E-state index in [0.717, 1.165) is 30.5 Å². The molecule has 0 spiro atoms. The van der Waals surface area contributed by atoms with E-state index in [2.05, 4.69) is 20.3 Å². The van der Waals surface area contributed by atoms with Crippen LogP contribution in [0.1, 0.15) is 40.5 Å². The summed E-state index contributed by atoms with van der Waals surface area (Å²) >= 11 is 0. The number of carbonyl (C=O) groups is 1. The Morgan fingerprint density at radius 1 is 1.32 bits per heavy atom. The smallest absolute Gasteiger partial charge is 0.251 e. The summed E-state index contributed by atoms with van der Waals surface area (Å²) in [7, 11) is 3.85. The van der Waals surface area contributed by atoms with Gasteiger partial charge in [0.25, 0.3) is 5.91 Å². The van der Waals surface area contributed by atoms with Crippen molar-refractivity contribution in [3.05, 3.63) is 47.5 Å². The minimum atomic E-state index is -0.0862. The lowest BCUT2D eigenvalue weighted by atomic mass is 9.92. The van der Waals surface area contributed by atoms with Crippen molar-refractivity contribution in [3.63, 3.8) is 0 Å². The quantitative estimate of drug-likeness (QED) is 0.934. The Kier molecular flexibility index (Phi) is 4.00. The molecule has 114 valence electrons. The van der Waals surface area contributed by atoms with Crippen LogP contribution in [0.15, 0.2) is 30.7 Å². The molecule has 6 heteroatoms. The molecule has 0 fully saturated rings. The van der Waals surface area contributed by atoms with Gasteiger partial charge in [0.05, 0.1) is 11.7 Å². The van der Waals surface area contributed by atoms with Crippen LogP contribution in [0.2, 0.25) is 0 Å². The third-order valence-corrected chi connectivity index (χ3v) is 3.82. The fourth-order valence-electron chi connectivity index (χ4n) is 2.65. The molecule has 0 bridgehead atoms. The van der Waals surface area contributed by atoms with Crippen molar-refractivity contribution in [2.45, 2.75) is 25.3 Å². The van der Waals surface area contributed by atoms with E-state index < -0.39 is 0 Å². The van der Waals surface area contributed by atoms with Gasteiger partial charge in [-0.2, -0.15) is 0 Å². The van der Waals surface area contributed by atoms with Crippen molar-refractivity contribution < 1.29 is 4.79 Å². The molecule has 1 amide bonds. The molecule has 0 saturated heterocycles. The molecule has 1 unspecified atom stereocenters. The highest BCUT2D eigenvalue weighted by Gasteiger charge is 2.24. The predicted molar refractivity (Wildman–Crippen MR) is 83.7 cm³/mol. The van der Waals surface area contributed by atoms with Crippen LogP contribution in [0.5, 0.6) is 0 Å². The second-order valence-corrected chi connectivity index (χ2v) is 5.62. The van der Waals surface area contributed by atoms with Crippen LogP contribution in [0, 0.1) is 0 Å². The number of rotatable bonds is 3. The average molecular weight is 297 g/mol. The number of nitrogens with zero attached hydrogens (tertiary/aromatic N) is 4. The third kappa shape index (κ3) is 2.90. The van der Waals surface area contributed by atoms with Crippen LogP contribution in [0.4, 0.5) is 5.95 Å². The van der Waals surface area contributed by atoms with Gasteiger partial charge in [-0.15, -0.1) is 0 Å². The van der Waals surface area contributed by atoms with Crippen LogP contribution in [-0.2, 0) is 6.42 Å². The van der Waals surface area contributed by atoms with Crippen molar-refractivity contribution in [1.29, 1.82) is 0 Å². The number of hydrogen-bond acceptors (Lipinski definition) is 5. The van der Waals surface area contributed by atoms with Crippen LogP contribution < -0.4 is 10.2 Å². The second-order valence-electron chi connectivity index (χ2n) is 5.62. The van der Waals surface area contributed by atoms with E-state index in [9.17, 15) is 4.79 Å². The van der Waals surface area contributed by atoms with Gasteiger partial charge in [-0.05, 0) is 31.4 Å². The maximum absolute atomic E-state index is 12.3. The first kappa shape index (κ1) is 14.4. The Morgan fingerprint density at radius 3 is 2.82 bits per heavy atom. The van der Waals surface area contributed by atoms with E-state index in [4.69, 9.17) is 0 Å². The summed E-state index contributed by atoms with van der Waals surface area (Å²) in [6.07, 6.45) is 7.94. The van der Waals surface area contributed by atoms with E-state index in [1.165, 1.54) is 0 Å². The lowest BCUT2D eigenvalue weighted by molar-refractivity contribution is 0.0932. The molecule has 1 aliphatic carbocycles. The molecule has 0 saturated carbocycles. The maximum atomic E-state index is 12.3. The van der Waals surface area contributed by atoms with Crippen molar-refractivity contribution in [1.82, 2.24) is 20.3 Å². The number of pyridine rings is 1. The zero-order valence-corrected chi connectivity index (χ0v) is 12.8. The van der Waals surface area contributed by atoms with Gasteiger partial charge in [0, 0.05) is 43.8 Å². The van der Waals surface area contributed by atoms with Crippen molar-refractivity contribution in [3.8, 4) is 0 Å². The Balaban J connectivity index is 1.81. The Labute approximate surface area is 129 Å². The molecule has 1 atom stereocenters. The first-order chi connectivity index (χ1) is 10.6.